The predicted octanol–water partition coefficient (Wildman–Crippen LogP) is 3.01. The van der Waals surface area contributed by atoms with Crippen LogP contribution in [-0.2, 0) is 6.42 Å². The number of nitrogens with zero attached hydrogens (tertiary/aromatic N) is 1. The van der Waals surface area contributed by atoms with E-state index in [-0.39, 0.29) is 17.8 Å². The number of carbonyl (C=O) groups excluding carboxylic acids is 1. The Balaban J connectivity index is 1.83. The molecule has 1 amide bonds. The number of halogens is 1. The van der Waals surface area contributed by atoms with Crippen molar-refractivity contribution in [1.82, 2.24) is 10.3 Å². The molecule has 0 radical (unpaired) electrons. The fourth-order valence-corrected chi connectivity index (χ4v) is 1.97. The van der Waals surface area contributed by atoms with Crippen LogP contribution in [0.1, 0.15) is 29.9 Å². The van der Waals surface area contributed by atoms with Gasteiger partial charge in [0.25, 0.3) is 5.91 Å². The maximum atomic E-state index is 12.8. The first-order valence-electron chi connectivity index (χ1n) is 7.30. The molecule has 2 rings (SSSR count). The van der Waals surface area contributed by atoms with E-state index >= 15 is 0 Å². The quantitative estimate of drug-likeness (QED) is 0.862. The average Bonchev–Trinajstić information content (AvgIpc) is 2.49. The number of amides is 1. The summed E-state index contributed by atoms with van der Waals surface area (Å²) in [7, 11) is 0. The summed E-state index contributed by atoms with van der Waals surface area (Å²) in [5.41, 5.74) is 2.32. The third kappa shape index (κ3) is 4.84. The lowest BCUT2D eigenvalue weighted by Gasteiger charge is -2.09. The predicted molar refractivity (Wildman–Crippen MR) is 85.4 cm³/mol. The van der Waals surface area contributed by atoms with Gasteiger partial charge in [-0.1, -0.05) is 12.1 Å². The van der Waals surface area contributed by atoms with E-state index < -0.39 is 0 Å². The van der Waals surface area contributed by atoms with Crippen LogP contribution in [0.3, 0.4) is 0 Å². The van der Waals surface area contributed by atoms with E-state index in [2.05, 4.69) is 15.6 Å². The first kappa shape index (κ1) is 15.9. The molecule has 0 unspecified atom stereocenters. The molecular weight excluding hydrogens is 281 g/mol. The summed E-state index contributed by atoms with van der Waals surface area (Å²) in [6.45, 7) is 4.53. The molecule has 4 nitrogen and oxygen atoms in total. The van der Waals surface area contributed by atoms with Crippen molar-refractivity contribution in [3.63, 3.8) is 0 Å². The number of carbonyl (C=O) groups is 1. The molecule has 1 aromatic heterocycles. The maximum Gasteiger partial charge on any atom is 0.270 e. The molecular formula is C17H20FN3O. The van der Waals surface area contributed by atoms with Gasteiger partial charge >= 0.3 is 0 Å². The molecule has 2 N–H and O–H groups in total. The molecule has 116 valence electrons. The Morgan fingerprint density at radius 2 is 1.91 bits per heavy atom. The minimum absolute atomic E-state index is 0.0859. The third-order valence-corrected chi connectivity index (χ3v) is 3.07. The number of anilines is 1. The Hall–Kier alpha value is -2.43. The van der Waals surface area contributed by atoms with E-state index in [1.165, 1.54) is 12.1 Å². The van der Waals surface area contributed by atoms with Gasteiger partial charge in [-0.05, 0) is 50.1 Å². The van der Waals surface area contributed by atoms with Gasteiger partial charge < -0.3 is 10.6 Å². The topological polar surface area (TPSA) is 54.0 Å². The van der Waals surface area contributed by atoms with Crippen molar-refractivity contribution in [3.8, 4) is 0 Å². The highest BCUT2D eigenvalue weighted by atomic mass is 19.1. The van der Waals surface area contributed by atoms with Crippen LogP contribution in [0.5, 0.6) is 0 Å². The molecule has 0 aliphatic heterocycles. The van der Waals surface area contributed by atoms with Gasteiger partial charge in [0.05, 0.1) is 11.9 Å². The summed E-state index contributed by atoms with van der Waals surface area (Å²) in [6.07, 6.45) is 2.43. The molecule has 0 aliphatic carbocycles. The Morgan fingerprint density at radius 3 is 2.50 bits per heavy atom. The van der Waals surface area contributed by atoms with Crippen molar-refractivity contribution in [2.75, 3.05) is 11.9 Å². The monoisotopic (exact) mass is 301 g/mol. The Bertz CT molecular complexity index is 609. The Kier molecular flexibility index (Phi) is 5.47. The minimum Gasteiger partial charge on any atom is -0.383 e. The lowest BCUT2D eigenvalue weighted by atomic mass is 10.1. The molecule has 22 heavy (non-hydrogen) atoms. The van der Waals surface area contributed by atoms with Crippen LogP contribution < -0.4 is 10.6 Å². The van der Waals surface area contributed by atoms with Gasteiger partial charge in [-0.3, -0.25) is 4.79 Å². The van der Waals surface area contributed by atoms with Crippen molar-refractivity contribution in [2.45, 2.75) is 26.3 Å². The summed E-state index contributed by atoms with van der Waals surface area (Å²) in [4.78, 5) is 15.9. The van der Waals surface area contributed by atoms with Crippen LogP contribution in [0.15, 0.2) is 42.6 Å². The molecule has 1 aromatic carbocycles. The maximum absolute atomic E-state index is 12.8. The smallest absolute Gasteiger partial charge is 0.270 e. The number of nitrogens with one attached hydrogen (secondary N) is 2. The SMILES string of the molecule is CC(C)NC(=O)c1ccc(NCCc2ccc(F)cc2)cn1. The minimum atomic E-state index is -0.226. The molecule has 0 saturated heterocycles. The zero-order chi connectivity index (χ0) is 15.9. The Labute approximate surface area is 129 Å². The summed E-state index contributed by atoms with van der Waals surface area (Å²) >= 11 is 0. The lowest BCUT2D eigenvalue weighted by molar-refractivity contribution is 0.0938. The highest BCUT2D eigenvalue weighted by molar-refractivity contribution is 5.92. The fourth-order valence-electron chi connectivity index (χ4n) is 1.97. The second-order valence-electron chi connectivity index (χ2n) is 5.36. The highest BCUT2D eigenvalue weighted by Gasteiger charge is 2.07. The van der Waals surface area contributed by atoms with E-state index in [0.29, 0.717) is 12.2 Å². The zero-order valence-electron chi connectivity index (χ0n) is 12.8. The fraction of sp³-hybridized carbons (Fsp3) is 0.294. The molecule has 0 bridgehead atoms. The third-order valence-electron chi connectivity index (χ3n) is 3.07. The van der Waals surface area contributed by atoms with Gasteiger partial charge in [0, 0.05) is 12.6 Å². The lowest BCUT2D eigenvalue weighted by Crippen LogP contribution is -2.30. The van der Waals surface area contributed by atoms with Crippen LogP contribution in [-0.4, -0.2) is 23.5 Å². The molecule has 0 saturated carbocycles. The van der Waals surface area contributed by atoms with Gasteiger partial charge in [0.15, 0.2) is 0 Å². The molecule has 0 fully saturated rings. The molecule has 2 aromatic rings. The van der Waals surface area contributed by atoms with E-state index in [9.17, 15) is 9.18 Å². The van der Waals surface area contributed by atoms with E-state index in [0.717, 1.165) is 17.7 Å². The van der Waals surface area contributed by atoms with Crippen LogP contribution in [0.25, 0.3) is 0 Å². The van der Waals surface area contributed by atoms with Gasteiger partial charge in [0.1, 0.15) is 11.5 Å². The second kappa shape index (κ2) is 7.54. The van der Waals surface area contributed by atoms with Crippen molar-refractivity contribution in [1.29, 1.82) is 0 Å². The van der Waals surface area contributed by atoms with Crippen LogP contribution in [0.4, 0.5) is 10.1 Å². The van der Waals surface area contributed by atoms with Crippen LogP contribution >= 0.6 is 0 Å². The first-order chi connectivity index (χ1) is 10.5. The van der Waals surface area contributed by atoms with Crippen molar-refractivity contribution in [3.05, 3.63) is 59.7 Å². The van der Waals surface area contributed by atoms with Crippen molar-refractivity contribution >= 4 is 11.6 Å². The Morgan fingerprint density at radius 1 is 1.18 bits per heavy atom. The highest BCUT2D eigenvalue weighted by Crippen LogP contribution is 2.08. The van der Waals surface area contributed by atoms with Gasteiger partial charge in [-0.2, -0.15) is 0 Å². The number of aromatic nitrogens is 1. The summed E-state index contributed by atoms with van der Waals surface area (Å²) in [5, 5.41) is 6.02. The van der Waals surface area contributed by atoms with Crippen molar-refractivity contribution < 1.29 is 9.18 Å². The van der Waals surface area contributed by atoms with E-state index in [1.807, 2.05) is 19.9 Å². The second-order valence-corrected chi connectivity index (χ2v) is 5.36. The standard InChI is InChI=1S/C17H20FN3O/c1-12(2)21-17(22)16-8-7-15(11-20-16)19-10-9-13-3-5-14(18)6-4-13/h3-8,11-12,19H,9-10H2,1-2H3,(H,21,22). The van der Waals surface area contributed by atoms with Crippen LogP contribution in [0.2, 0.25) is 0 Å². The largest absolute Gasteiger partial charge is 0.383 e. The number of hydrogen-bond donors (Lipinski definition) is 2. The number of benzene rings is 1. The van der Waals surface area contributed by atoms with Gasteiger partial charge in [0.2, 0.25) is 0 Å². The molecule has 1 heterocycles. The number of hydrogen-bond acceptors (Lipinski definition) is 3. The summed E-state index contributed by atoms with van der Waals surface area (Å²) in [6, 6.07) is 10.1. The summed E-state index contributed by atoms with van der Waals surface area (Å²) < 4.78 is 12.8. The zero-order valence-corrected chi connectivity index (χ0v) is 12.8. The van der Waals surface area contributed by atoms with Gasteiger partial charge in [-0.15, -0.1) is 0 Å². The average molecular weight is 301 g/mol. The number of pyridine rings is 1. The molecule has 0 atom stereocenters. The normalized spacial score (nSPS) is 10.5. The molecule has 0 spiro atoms. The number of rotatable bonds is 6. The molecule has 0 aliphatic rings. The first-order valence-corrected chi connectivity index (χ1v) is 7.30. The van der Waals surface area contributed by atoms with E-state index in [4.69, 9.17) is 0 Å². The van der Waals surface area contributed by atoms with Crippen molar-refractivity contribution in [2.24, 2.45) is 0 Å². The summed E-state index contributed by atoms with van der Waals surface area (Å²) in [5.74, 6) is -0.399. The van der Waals surface area contributed by atoms with Crippen LogP contribution in [0, 0.1) is 5.82 Å². The van der Waals surface area contributed by atoms with Gasteiger partial charge in [-0.25, -0.2) is 9.37 Å². The van der Waals surface area contributed by atoms with E-state index in [1.54, 1.807) is 24.4 Å². The molecule has 5 heteroatoms.